The molecule has 2 aliphatic rings. The number of carbonyl (C=O) groups is 3. The Morgan fingerprint density at radius 1 is 1.19 bits per heavy atom. The quantitative estimate of drug-likeness (QED) is 0.643. The molecule has 1 aliphatic heterocycles. The molecule has 1 aromatic carbocycles. The minimum atomic E-state index is -0.866. The number of hydrazine groups is 1. The van der Waals surface area contributed by atoms with E-state index >= 15 is 0 Å². The Labute approximate surface area is 185 Å². The first-order chi connectivity index (χ1) is 15.0. The van der Waals surface area contributed by atoms with Crippen LogP contribution in [0.2, 0.25) is 0 Å². The van der Waals surface area contributed by atoms with Crippen LogP contribution in [0.5, 0.6) is 5.75 Å². The minimum Gasteiger partial charge on any atom is -0.497 e. The Bertz CT molecular complexity index is 939. The average Bonchev–Trinajstić information content (AvgIpc) is 3.37. The first-order valence-corrected chi connectivity index (χ1v) is 11.3. The zero-order valence-corrected chi connectivity index (χ0v) is 18.2. The second-order valence-electron chi connectivity index (χ2n) is 7.88. The van der Waals surface area contributed by atoms with Crippen molar-refractivity contribution >= 4 is 34.9 Å². The number of urea groups is 1. The van der Waals surface area contributed by atoms with Gasteiger partial charge in [0, 0.05) is 10.6 Å². The van der Waals surface area contributed by atoms with Crippen molar-refractivity contribution in [2.75, 3.05) is 18.6 Å². The molecule has 8 nitrogen and oxygen atoms in total. The highest BCUT2D eigenvalue weighted by molar-refractivity contribution is 7.09. The molecule has 31 heavy (non-hydrogen) atoms. The van der Waals surface area contributed by atoms with E-state index in [2.05, 4.69) is 10.7 Å². The summed E-state index contributed by atoms with van der Waals surface area (Å²) in [6.07, 6.45) is 4.05. The maximum Gasteiger partial charge on any atom is 0.344 e. The molecule has 1 saturated heterocycles. The highest BCUT2D eigenvalue weighted by Gasteiger charge is 2.52. The van der Waals surface area contributed by atoms with Crippen LogP contribution >= 0.6 is 11.3 Å². The van der Waals surface area contributed by atoms with Crippen LogP contribution in [0.25, 0.3) is 0 Å². The molecule has 1 spiro atoms. The number of hydrogen-bond donors (Lipinski definition) is 2. The van der Waals surface area contributed by atoms with E-state index in [9.17, 15) is 14.4 Å². The summed E-state index contributed by atoms with van der Waals surface area (Å²) in [5, 5.41) is 5.64. The van der Waals surface area contributed by atoms with Gasteiger partial charge in [0.05, 0.1) is 20.2 Å². The lowest BCUT2D eigenvalue weighted by Crippen LogP contribution is -2.52. The minimum absolute atomic E-state index is 0.00567. The molecule has 0 bridgehead atoms. The van der Waals surface area contributed by atoms with Gasteiger partial charge in [-0.15, -0.1) is 11.3 Å². The standard InChI is InChI=1S/C22H26N4O4S/c1-30-17-9-7-16(8-10-17)25(14-18-6-5-13-31-18)15-19(27)24-26-20(28)22(23-21(26)29)11-3-2-4-12-22/h5-10,13H,2-4,11-12,14-15H2,1H3,(H,23,29)(H,24,27). The molecule has 1 saturated carbocycles. The van der Waals surface area contributed by atoms with Crippen LogP contribution in [0, 0.1) is 0 Å². The van der Waals surface area contributed by atoms with Crippen LogP contribution in [-0.2, 0) is 16.1 Å². The van der Waals surface area contributed by atoms with Crippen LogP contribution in [0.1, 0.15) is 37.0 Å². The lowest BCUT2D eigenvalue weighted by atomic mass is 9.82. The summed E-state index contributed by atoms with van der Waals surface area (Å²) in [7, 11) is 1.60. The number of anilines is 1. The third-order valence-corrected chi connectivity index (χ3v) is 6.67. The number of thiophene rings is 1. The maximum absolute atomic E-state index is 12.9. The van der Waals surface area contributed by atoms with E-state index in [1.54, 1.807) is 18.4 Å². The Morgan fingerprint density at radius 3 is 2.58 bits per heavy atom. The van der Waals surface area contributed by atoms with E-state index in [1.165, 1.54) is 0 Å². The first kappa shape index (κ1) is 21.2. The van der Waals surface area contributed by atoms with Crippen molar-refractivity contribution in [2.45, 2.75) is 44.2 Å². The second kappa shape index (κ2) is 8.97. The average molecular weight is 443 g/mol. The molecule has 0 radical (unpaired) electrons. The molecule has 2 heterocycles. The van der Waals surface area contributed by atoms with E-state index in [4.69, 9.17) is 4.74 Å². The number of ether oxygens (including phenoxy) is 1. The van der Waals surface area contributed by atoms with Crippen LogP contribution in [-0.4, -0.2) is 42.0 Å². The zero-order valence-electron chi connectivity index (χ0n) is 17.4. The molecule has 2 aromatic rings. The van der Waals surface area contributed by atoms with Crippen LogP contribution in [0.15, 0.2) is 41.8 Å². The normalized spacial score (nSPS) is 17.5. The van der Waals surface area contributed by atoms with Gasteiger partial charge in [-0.25, -0.2) is 4.79 Å². The molecule has 4 rings (SSSR count). The predicted molar refractivity (Wildman–Crippen MR) is 118 cm³/mol. The van der Waals surface area contributed by atoms with Gasteiger partial charge < -0.3 is 15.0 Å². The van der Waals surface area contributed by atoms with E-state index in [1.807, 2.05) is 46.7 Å². The monoisotopic (exact) mass is 442 g/mol. The Morgan fingerprint density at radius 2 is 1.94 bits per heavy atom. The van der Waals surface area contributed by atoms with Crippen molar-refractivity contribution in [2.24, 2.45) is 0 Å². The second-order valence-corrected chi connectivity index (χ2v) is 8.91. The van der Waals surface area contributed by atoms with Crippen molar-refractivity contribution in [1.82, 2.24) is 15.8 Å². The molecular weight excluding hydrogens is 416 g/mol. The molecule has 2 N–H and O–H groups in total. The number of nitrogens with zero attached hydrogens (tertiary/aromatic N) is 2. The van der Waals surface area contributed by atoms with Crippen molar-refractivity contribution in [3.63, 3.8) is 0 Å². The van der Waals surface area contributed by atoms with Gasteiger partial charge in [-0.2, -0.15) is 5.01 Å². The maximum atomic E-state index is 12.9. The molecule has 164 valence electrons. The lowest BCUT2D eigenvalue weighted by molar-refractivity contribution is -0.139. The fourth-order valence-electron chi connectivity index (χ4n) is 4.17. The van der Waals surface area contributed by atoms with E-state index in [0.29, 0.717) is 19.4 Å². The highest BCUT2D eigenvalue weighted by atomic mass is 32.1. The number of methoxy groups -OCH3 is 1. The Balaban J connectivity index is 1.46. The Kier molecular flexibility index (Phi) is 6.13. The first-order valence-electron chi connectivity index (χ1n) is 10.4. The van der Waals surface area contributed by atoms with Gasteiger partial charge in [-0.1, -0.05) is 25.3 Å². The largest absolute Gasteiger partial charge is 0.497 e. The summed E-state index contributed by atoms with van der Waals surface area (Å²) in [4.78, 5) is 41.2. The van der Waals surface area contributed by atoms with Gasteiger partial charge >= 0.3 is 6.03 Å². The number of amides is 4. The van der Waals surface area contributed by atoms with Gasteiger partial charge in [0.1, 0.15) is 11.3 Å². The Hall–Kier alpha value is -3.07. The molecular formula is C22H26N4O4S. The van der Waals surface area contributed by atoms with Gasteiger partial charge in [-0.05, 0) is 48.6 Å². The number of nitrogens with one attached hydrogen (secondary N) is 2. The molecule has 4 amide bonds. The number of rotatable bonds is 7. The van der Waals surface area contributed by atoms with Gasteiger partial charge in [0.25, 0.3) is 11.8 Å². The summed E-state index contributed by atoms with van der Waals surface area (Å²) < 4.78 is 5.22. The van der Waals surface area contributed by atoms with Crippen LogP contribution in [0.4, 0.5) is 10.5 Å². The zero-order chi connectivity index (χ0) is 21.8. The predicted octanol–water partition coefficient (Wildman–Crippen LogP) is 3.05. The van der Waals surface area contributed by atoms with E-state index in [0.717, 1.165) is 40.6 Å². The summed E-state index contributed by atoms with van der Waals surface area (Å²) in [6, 6.07) is 10.8. The SMILES string of the molecule is COc1ccc(N(CC(=O)NN2C(=O)NC3(CCCCC3)C2=O)Cc2cccs2)cc1. The summed E-state index contributed by atoms with van der Waals surface area (Å²) >= 11 is 1.60. The highest BCUT2D eigenvalue weighted by Crippen LogP contribution is 2.33. The fourth-order valence-corrected chi connectivity index (χ4v) is 4.89. The van der Waals surface area contributed by atoms with Crippen LogP contribution < -0.4 is 20.4 Å². The smallest absolute Gasteiger partial charge is 0.344 e. The van der Waals surface area contributed by atoms with Crippen molar-refractivity contribution in [3.8, 4) is 5.75 Å². The van der Waals surface area contributed by atoms with Gasteiger partial charge in [0.2, 0.25) is 0 Å². The molecule has 9 heteroatoms. The van der Waals surface area contributed by atoms with Gasteiger partial charge in [-0.3, -0.25) is 15.0 Å². The summed E-state index contributed by atoms with van der Waals surface area (Å²) in [5.74, 6) is -0.0649. The topological polar surface area (TPSA) is 91.0 Å². The number of hydrogen-bond acceptors (Lipinski definition) is 6. The van der Waals surface area contributed by atoms with Crippen molar-refractivity contribution in [1.29, 1.82) is 0 Å². The number of imide groups is 1. The third-order valence-electron chi connectivity index (χ3n) is 5.80. The van der Waals surface area contributed by atoms with E-state index < -0.39 is 17.5 Å². The number of benzene rings is 1. The van der Waals surface area contributed by atoms with Crippen molar-refractivity contribution in [3.05, 3.63) is 46.7 Å². The fraction of sp³-hybridized carbons (Fsp3) is 0.409. The molecule has 0 unspecified atom stereocenters. The van der Waals surface area contributed by atoms with Crippen molar-refractivity contribution < 1.29 is 19.1 Å². The summed E-state index contributed by atoms with van der Waals surface area (Å²) in [5.41, 5.74) is 2.49. The summed E-state index contributed by atoms with van der Waals surface area (Å²) in [6.45, 7) is 0.524. The molecule has 1 aromatic heterocycles. The van der Waals surface area contributed by atoms with Gasteiger partial charge in [0.15, 0.2) is 0 Å². The number of carbonyl (C=O) groups excluding carboxylic acids is 3. The molecule has 0 atom stereocenters. The third kappa shape index (κ3) is 4.51. The lowest BCUT2D eigenvalue weighted by Gasteiger charge is -2.30. The molecule has 2 fully saturated rings. The van der Waals surface area contributed by atoms with Crippen LogP contribution in [0.3, 0.4) is 0 Å². The van der Waals surface area contributed by atoms with E-state index in [-0.39, 0.29) is 12.5 Å². The molecule has 1 aliphatic carbocycles.